The van der Waals surface area contributed by atoms with Crippen LogP contribution in [0.5, 0.6) is 5.75 Å². The molecule has 0 fully saturated rings. The predicted molar refractivity (Wildman–Crippen MR) is 77.9 cm³/mol. The number of benzene rings is 2. The van der Waals surface area contributed by atoms with Crippen molar-refractivity contribution in [1.29, 1.82) is 0 Å². The third-order valence-corrected chi connectivity index (χ3v) is 3.29. The van der Waals surface area contributed by atoms with E-state index < -0.39 is 0 Å². The van der Waals surface area contributed by atoms with Crippen molar-refractivity contribution in [1.82, 2.24) is 0 Å². The largest absolute Gasteiger partial charge is 0.497 e. The fraction of sp³-hybridized carbons (Fsp3) is 0.235. The minimum absolute atomic E-state index is 0.223. The first-order valence-corrected chi connectivity index (χ1v) is 6.50. The van der Waals surface area contributed by atoms with Crippen molar-refractivity contribution in [2.24, 2.45) is 0 Å². The van der Waals surface area contributed by atoms with Crippen molar-refractivity contribution in [2.45, 2.75) is 12.3 Å². The summed E-state index contributed by atoms with van der Waals surface area (Å²) in [5.41, 5.74) is 2.04. The quantitative estimate of drug-likeness (QED) is 0.783. The second-order valence-electron chi connectivity index (χ2n) is 4.54. The minimum Gasteiger partial charge on any atom is -0.497 e. The molecule has 0 radical (unpaired) electrons. The molecule has 0 aliphatic carbocycles. The highest BCUT2D eigenvalue weighted by Gasteiger charge is 2.21. The summed E-state index contributed by atoms with van der Waals surface area (Å²) in [5, 5.41) is 0. The highest BCUT2D eigenvalue weighted by molar-refractivity contribution is 5.78. The van der Waals surface area contributed by atoms with Gasteiger partial charge in [0.1, 0.15) is 5.75 Å². The first-order valence-electron chi connectivity index (χ1n) is 6.50. The van der Waals surface area contributed by atoms with E-state index in [1.165, 1.54) is 7.11 Å². The van der Waals surface area contributed by atoms with E-state index in [2.05, 4.69) is 0 Å². The van der Waals surface area contributed by atoms with Crippen LogP contribution in [0.3, 0.4) is 0 Å². The Morgan fingerprint density at radius 2 is 1.65 bits per heavy atom. The molecule has 0 saturated carbocycles. The molecular formula is C17H18O3. The van der Waals surface area contributed by atoms with Gasteiger partial charge in [-0.25, -0.2) is 0 Å². The molecule has 0 saturated heterocycles. The number of ether oxygens (including phenoxy) is 2. The maximum atomic E-state index is 12.0. The maximum Gasteiger partial charge on any atom is 0.313 e. The lowest BCUT2D eigenvalue weighted by Gasteiger charge is -2.15. The minimum atomic E-state index is -0.298. The molecule has 0 spiro atoms. The van der Waals surface area contributed by atoms with E-state index in [-0.39, 0.29) is 11.9 Å². The van der Waals surface area contributed by atoms with Crippen LogP contribution in [0.2, 0.25) is 0 Å². The van der Waals surface area contributed by atoms with Crippen LogP contribution in [0.25, 0.3) is 0 Å². The number of esters is 1. The molecule has 0 aliphatic heterocycles. The van der Waals surface area contributed by atoms with Gasteiger partial charge >= 0.3 is 5.97 Å². The Hall–Kier alpha value is -2.29. The zero-order chi connectivity index (χ0) is 14.4. The van der Waals surface area contributed by atoms with Crippen LogP contribution in [-0.2, 0) is 16.0 Å². The first kappa shape index (κ1) is 14.1. The summed E-state index contributed by atoms with van der Waals surface area (Å²) in [7, 11) is 3.04. The number of methoxy groups -OCH3 is 2. The molecule has 0 heterocycles. The van der Waals surface area contributed by atoms with Gasteiger partial charge < -0.3 is 9.47 Å². The molecule has 0 aliphatic rings. The van der Waals surface area contributed by atoms with Crippen LogP contribution in [0.15, 0.2) is 54.6 Å². The van der Waals surface area contributed by atoms with E-state index in [1.54, 1.807) is 7.11 Å². The van der Waals surface area contributed by atoms with Gasteiger partial charge in [0.25, 0.3) is 0 Å². The Morgan fingerprint density at radius 3 is 2.20 bits per heavy atom. The lowest BCUT2D eigenvalue weighted by molar-refractivity contribution is -0.142. The molecular weight excluding hydrogens is 252 g/mol. The number of carbonyl (C=O) groups is 1. The fourth-order valence-corrected chi connectivity index (χ4v) is 2.17. The Kier molecular flexibility index (Phi) is 4.77. The zero-order valence-electron chi connectivity index (χ0n) is 11.7. The monoisotopic (exact) mass is 270 g/mol. The van der Waals surface area contributed by atoms with Crippen LogP contribution in [0.1, 0.15) is 17.0 Å². The second kappa shape index (κ2) is 6.75. The maximum absolute atomic E-state index is 12.0. The van der Waals surface area contributed by atoms with Crippen molar-refractivity contribution in [3.05, 3.63) is 65.7 Å². The average molecular weight is 270 g/mol. The van der Waals surface area contributed by atoms with Crippen LogP contribution in [0.4, 0.5) is 0 Å². The Labute approximate surface area is 119 Å². The van der Waals surface area contributed by atoms with Gasteiger partial charge in [-0.3, -0.25) is 4.79 Å². The Bertz CT molecular complexity index is 546. The van der Waals surface area contributed by atoms with Crippen molar-refractivity contribution < 1.29 is 14.3 Å². The summed E-state index contributed by atoms with van der Waals surface area (Å²) in [4.78, 5) is 12.0. The zero-order valence-corrected chi connectivity index (χ0v) is 11.7. The summed E-state index contributed by atoms with van der Waals surface area (Å²) in [6, 6.07) is 17.5. The molecule has 104 valence electrons. The summed E-state index contributed by atoms with van der Waals surface area (Å²) >= 11 is 0. The summed E-state index contributed by atoms with van der Waals surface area (Å²) in [5.74, 6) is 0.254. The molecule has 20 heavy (non-hydrogen) atoms. The predicted octanol–water partition coefficient (Wildman–Crippen LogP) is 3.19. The van der Waals surface area contributed by atoms with Gasteiger partial charge in [0.05, 0.1) is 20.1 Å². The van der Waals surface area contributed by atoms with Gasteiger partial charge in [0, 0.05) is 0 Å². The molecule has 0 bridgehead atoms. The van der Waals surface area contributed by atoms with Gasteiger partial charge in [-0.15, -0.1) is 0 Å². The van der Waals surface area contributed by atoms with Gasteiger partial charge in [-0.05, 0) is 29.7 Å². The van der Waals surface area contributed by atoms with Crippen molar-refractivity contribution in [3.63, 3.8) is 0 Å². The molecule has 0 N–H and O–H groups in total. The molecule has 1 atom stereocenters. The first-order chi connectivity index (χ1) is 9.74. The van der Waals surface area contributed by atoms with Crippen molar-refractivity contribution in [2.75, 3.05) is 14.2 Å². The van der Waals surface area contributed by atoms with E-state index in [9.17, 15) is 4.79 Å². The molecule has 1 unspecified atom stereocenters. The molecule has 3 heteroatoms. The Balaban J connectivity index is 2.25. The summed E-state index contributed by atoms with van der Waals surface area (Å²) in [6.45, 7) is 0. The van der Waals surface area contributed by atoms with Crippen LogP contribution in [0, 0.1) is 0 Å². The van der Waals surface area contributed by atoms with E-state index in [4.69, 9.17) is 9.47 Å². The number of rotatable bonds is 5. The lowest BCUT2D eigenvalue weighted by Crippen LogP contribution is -2.16. The number of carbonyl (C=O) groups excluding carboxylic acids is 1. The summed E-state index contributed by atoms with van der Waals surface area (Å²) < 4.78 is 10.1. The standard InChI is InChI=1S/C17H18O3/c1-19-15-10-8-14(9-11-15)16(17(18)20-2)12-13-6-4-3-5-7-13/h3-11,16H,12H2,1-2H3. The smallest absolute Gasteiger partial charge is 0.313 e. The third-order valence-electron chi connectivity index (χ3n) is 3.29. The Morgan fingerprint density at radius 1 is 1.00 bits per heavy atom. The molecule has 3 nitrogen and oxygen atoms in total. The molecule has 2 aromatic carbocycles. The number of hydrogen-bond acceptors (Lipinski definition) is 3. The fourth-order valence-electron chi connectivity index (χ4n) is 2.17. The van der Waals surface area contributed by atoms with Crippen molar-refractivity contribution in [3.8, 4) is 5.75 Å². The van der Waals surface area contributed by atoms with Gasteiger partial charge in [-0.1, -0.05) is 42.5 Å². The van der Waals surface area contributed by atoms with Gasteiger partial charge in [0.15, 0.2) is 0 Å². The molecule has 2 aromatic rings. The van der Waals surface area contributed by atoms with E-state index in [1.807, 2.05) is 54.6 Å². The molecule has 0 aromatic heterocycles. The SMILES string of the molecule is COC(=O)C(Cc1ccccc1)c1ccc(OC)cc1. The van der Waals surface area contributed by atoms with E-state index in [0.717, 1.165) is 16.9 Å². The normalized spacial score (nSPS) is 11.7. The van der Waals surface area contributed by atoms with Crippen LogP contribution < -0.4 is 4.74 Å². The highest BCUT2D eigenvalue weighted by atomic mass is 16.5. The van der Waals surface area contributed by atoms with Gasteiger partial charge in [-0.2, -0.15) is 0 Å². The van der Waals surface area contributed by atoms with E-state index in [0.29, 0.717) is 6.42 Å². The van der Waals surface area contributed by atoms with Gasteiger partial charge in [0.2, 0.25) is 0 Å². The average Bonchev–Trinajstić information content (AvgIpc) is 2.53. The molecule has 2 rings (SSSR count). The van der Waals surface area contributed by atoms with Crippen LogP contribution in [-0.4, -0.2) is 20.2 Å². The second-order valence-corrected chi connectivity index (χ2v) is 4.54. The lowest BCUT2D eigenvalue weighted by atomic mass is 9.92. The molecule has 0 amide bonds. The third kappa shape index (κ3) is 3.38. The number of hydrogen-bond donors (Lipinski definition) is 0. The van der Waals surface area contributed by atoms with Crippen LogP contribution >= 0.6 is 0 Å². The van der Waals surface area contributed by atoms with Crippen molar-refractivity contribution >= 4 is 5.97 Å². The summed E-state index contributed by atoms with van der Waals surface area (Å²) in [6.07, 6.45) is 0.625. The topological polar surface area (TPSA) is 35.5 Å². The highest BCUT2D eigenvalue weighted by Crippen LogP contribution is 2.24. The van der Waals surface area contributed by atoms with E-state index >= 15 is 0 Å².